The number of ether oxygens (including phenoxy) is 2. The number of methoxy groups -OCH3 is 1. The average Bonchev–Trinajstić information content (AvgIpc) is 2.60. The highest BCUT2D eigenvalue weighted by Gasteiger charge is 2.22. The summed E-state index contributed by atoms with van der Waals surface area (Å²) in [6.07, 6.45) is 5.71. The molecule has 24 heavy (non-hydrogen) atoms. The molecule has 1 aliphatic heterocycles. The van der Waals surface area contributed by atoms with Crippen LogP contribution in [0.25, 0.3) is 0 Å². The Morgan fingerprint density at radius 1 is 1.21 bits per heavy atom. The van der Waals surface area contributed by atoms with E-state index in [9.17, 15) is 0 Å². The zero-order chi connectivity index (χ0) is 16.9. The van der Waals surface area contributed by atoms with Crippen molar-refractivity contribution in [2.75, 3.05) is 20.2 Å². The molecule has 128 valence electrons. The smallest absolute Gasteiger partial charge is 0.220 e. The van der Waals surface area contributed by atoms with Crippen molar-refractivity contribution in [1.29, 1.82) is 0 Å². The van der Waals surface area contributed by atoms with Gasteiger partial charge in [-0.05, 0) is 43.9 Å². The zero-order valence-corrected chi connectivity index (χ0v) is 14.7. The van der Waals surface area contributed by atoms with E-state index in [1.54, 1.807) is 7.11 Å². The van der Waals surface area contributed by atoms with Crippen molar-refractivity contribution in [3.05, 3.63) is 47.4 Å². The second-order valence-electron chi connectivity index (χ2n) is 6.42. The van der Waals surface area contributed by atoms with Gasteiger partial charge in [0.05, 0.1) is 7.11 Å². The minimum Gasteiger partial charge on any atom is -0.490 e. The van der Waals surface area contributed by atoms with Crippen LogP contribution in [0, 0.1) is 13.8 Å². The van der Waals surface area contributed by atoms with Gasteiger partial charge in [0.25, 0.3) is 0 Å². The number of aryl methyl sites for hydroxylation is 2. The molecule has 0 atom stereocenters. The molecule has 1 aromatic carbocycles. The maximum atomic E-state index is 6.23. The summed E-state index contributed by atoms with van der Waals surface area (Å²) in [7, 11) is 1.65. The van der Waals surface area contributed by atoms with Gasteiger partial charge in [-0.3, -0.25) is 4.90 Å². The van der Waals surface area contributed by atoms with Gasteiger partial charge >= 0.3 is 0 Å². The summed E-state index contributed by atoms with van der Waals surface area (Å²) in [5.74, 6) is 1.69. The van der Waals surface area contributed by atoms with E-state index in [1.165, 1.54) is 17.5 Å². The quantitative estimate of drug-likeness (QED) is 0.844. The molecular formula is C19H25N3O2. The Labute approximate surface area is 143 Å². The largest absolute Gasteiger partial charge is 0.490 e. The molecule has 0 bridgehead atoms. The van der Waals surface area contributed by atoms with Gasteiger partial charge < -0.3 is 9.47 Å². The number of hydrogen-bond acceptors (Lipinski definition) is 5. The molecule has 0 N–H and O–H groups in total. The summed E-state index contributed by atoms with van der Waals surface area (Å²) in [6.45, 7) is 7.04. The van der Waals surface area contributed by atoms with E-state index >= 15 is 0 Å². The predicted octanol–water partition coefficient (Wildman–Crippen LogP) is 3.15. The van der Waals surface area contributed by atoms with Crippen LogP contribution in [0.3, 0.4) is 0 Å². The van der Waals surface area contributed by atoms with E-state index in [4.69, 9.17) is 9.47 Å². The Hall–Kier alpha value is -2.14. The second kappa shape index (κ2) is 7.62. The second-order valence-corrected chi connectivity index (χ2v) is 6.42. The van der Waals surface area contributed by atoms with Crippen LogP contribution in [-0.4, -0.2) is 41.2 Å². The van der Waals surface area contributed by atoms with E-state index < -0.39 is 0 Å². The van der Waals surface area contributed by atoms with Gasteiger partial charge in [-0.1, -0.05) is 12.1 Å². The van der Waals surface area contributed by atoms with Gasteiger partial charge in [0.15, 0.2) is 0 Å². The molecule has 3 rings (SSSR count). The normalized spacial score (nSPS) is 16.1. The van der Waals surface area contributed by atoms with Crippen LogP contribution in [0.1, 0.15) is 29.5 Å². The van der Waals surface area contributed by atoms with Crippen molar-refractivity contribution in [3.63, 3.8) is 0 Å². The topological polar surface area (TPSA) is 47.5 Å². The lowest BCUT2D eigenvalue weighted by Crippen LogP contribution is -2.38. The first-order chi connectivity index (χ1) is 11.7. The monoisotopic (exact) mass is 327 g/mol. The van der Waals surface area contributed by atoms with E-state index in [-0.39, 0.29) is 6.10 Å². The molecule has 1 aliphatic rings. The highest BCUT2D eigenvalue weighted by atomic mass is 16.5. The van der Waals surface area contributed by atoms with Crippen LogP contribution >= 0.6 is 0 Å². The van der Waals surface area contributed by atoms with Crippen LogP contribution < -0.4 is 9.47 Å². The first-order valence-electron chi connectivity index (χ1n) is 8.45. The van der Waals surface area contributed by atoms with E-state index in [0.717, 1.165) is 43.8 Å². The Bertz CT molecular complexity index is 682. The highest BCUT2D eigenvalue weighted by molar-refractivity contribution is 5.36. The summed E-state index contributed by atoms with van der Waals surface area (Å²) in [6, 6.07) is 6.38. The van der Waals surface area contributed by atoms with Gasteiger partial charge in [-0.2, -0.15) is 0 Å². The predicted molar refractivity (Wildman–Crippen MR) is 93.4 cm³/mol. The van der Waals surface area contributed by atoms with Gasteiger partial charge in [0.2, 0.25) is 5.88 Å². The van der Waals surface area contributed by atoms with E-state index in [0.29, 0.717) is 5.88 Å². The standard InChI is InChI=1S/C19H25N3O2/c1-14-4-5-15(2)18(10-14)24-17-6-8-22(9-7-17)12-16-11-20-13-21-19(16)23-3/h4-5,10-11,13,17H,6-9,12H2,1-3H3. The van der Waals surface area contributed by atoms with Crippen LogP contribution in [0.15, 0.2) is 30.7 Å². The lowest BCUT2D eigenvalue weighted by atomic mass is 10.1. The van der Waals surface area contributed by atoms with Gasteiger partial charge in [-0.15, -0.1) is 0 Å². The van der Waals surface area contributed by atoms with Crippen molar-refractivity contribution < 1.29 is 9.47 Å². The lowest BCUT2D eigenvalue weighted by Gasteiger charge is -2.32. The van der Waals surface area contributed by atoms with Crippen molar-refractivity contribution in [3.8, 4) is 11.6 Å². The minimum atomic E-state index is 0.288. The molecule has 2 heterocycles. The maximum absolute atomic E-state index is 6.23. The van der Waals surface area contributed by atoms with E-state index in [1.807, 2.05) is 6.20 Å². The number of benzene rings is 1. The summed E-state index contributed by atoms with van der Waals surface area (Å²) in [5, 5.41) is 0. The molecule has 0 unspecified atom stereocenters. The molecular weight excluding hydrogens is 302 g/mol. The Morgan fingerprint density at radius 2 is 2.00 bits per heavy atom. The summed E-state index contributed by atoms with van der Waals surface area (Å²) < 4.78 is 11.5. The molecule has 5 nitrogen and oxygen atoms in total. The Morgan fingerprint density at radius 3 is 2.75 bits per heavy atom. The number of piperidine rings is 1. The van der Waals surface area contributed by atoms with Crippen molar-refractivity contribution in [2.24, 2.45) is 0 Å². The highest BCUT2D eigenvalue weighted by Crippen LogP contribution is 2.25. The number of likely N-dealkylation sites (tertiary alicyclic amines) is 1. The molecule has 0 aliphatic carbocycles. The molecule has 0 spiro atoms. The molecule has 0 saturated carbocycles. The molecule has 2 aromatic rings. The molecule has 1 fully saturated rings. The third-order valence-corrected chi connectivity index (χ3v) is 4.51. The Balaban J connectivity index is 1.55. The number of hydrogen-bond donors (Lipinski definition) is 0. The average molecular weight is 327 g/mol. The zero-order valence-electron chi connectivity index (χ0n) is 14.7. The number of rotatable bonds is 5. The van der Waals surface area contributed by atoms with Crippen molar-refractivity contribution in [2.45, 2.75) is 39.3 Å². The van der Waals surface area contributed by atoms with Gasteiger partial charge in [0.1, 0.15) is 18.2 Å². The van der Waals surface area contributed by atoms with Crippen LogP contribution in [0.2, 0.25) is 0 Å². The maximum Gasteiger partial charge on any atom is 0.220 e. The van der Waals surface area contributed by atoms with Crippen molar-refractivity contribution in [1.82, 2.24) is 14.9 Å². The summed E-state index contributed by atoms with van der Waals surface area (Å²) in [4.78, 5) is 10.7. The fraction of sp³-hybridized carbons (Fsp3) is 0.474. The van der Waals surface area contributed by atoms with Crippen LogP contribution in [-0.2, 0) is 6.54 Å². The minimum absolute atomic E-state index is 0.288. The van der Waals surface area contributed by atoms with Crippen LogP contribution in [0.4, 0.5) is 0 Å². The molecule has 1 saturated heterocycles. The third-order valence-electron chi connectivity index (χ3n) is 4.51. The van der Waals surface area contributed by atoms with Gasteiger partial charge in [0, 0.05) is 31.4 Å². The summed E-state index contributed by atoms with van der Waals surface area (Å²) in [5.41, 5.74) is 3.48. The molecule has 1 aromatic heterocycles. The number of nitrogens with zero attached hydrogens (tertiary/aromatic N) is 3. The van der Waals surface area contributed by atoms with Crippen LogP contribution in [0.5, 0.6) is 11.6 Å². The lowest BCUT2D eigenvalue weighted by molar-refractivity contribution is 0.0956. The first kappa shape index (κ1) is 16.7. The van der Waals surface area contributed by atoms with E-state index in [2.05, 4.69) is 46.9 Å². The fourth-order valence-corrected chi connectivity index (χ4v) is 3.08. The first-order valence-corrected chi connectivity index (χ1v) is 8.45. The molecule has 0 amide bonds. The molecule has 5 heteroatoms. The summed E-state index contributed by atoms with van der Waals surface area (Å²) >= 11 is 0. The Kier molecular flexibility index (Phi) is 5.30. The molecule has 0 radical (unpaired) electrons. The van der Waals surface area contributed by atoms with Gasteiger partial charge in [-0.25, -0.2) is 9.97 Å². The van der Waals surface area contributed by atoms with Crippen molar-refractivity contribution >= 4 is 0 Å². The third kappa shape index (κ3) is 4.03. The number of aromatic nitrogens is 2. The fourth-order valence-electron chi connectivity index (χ4n) is 3.08. The SMILES string of the molecule is COc1ncncc1CN1CCC(Oc2cc(C)ccc2C)CC1.